The van der Waals surface area contributed by atoms with Crippen LogP contribution in [0.15, 0.2) is 0 Å². The Bertz CT molecular complexity index is 162. The second-order valence-electron chi connectivity index (χ2n) is 6.14. The molecular formula is C13H27N. The first kappa shape index (κ1) is 12.0. The largest absolute Gasteiger partial charge is 0.311 e. The van der Waals surface area contributed by atoms with Crippen molar-refractivity contribution < 1.29 is 0 Å². The minimum absolute atomic E-state index is 0.596. The van der Waals surface area contributed by atoms with Crippen molar-refractivity contribution in [2.45, 2.75) is 72.4 Å². The van der Waals surface area contributed by atoms with Gasteiger partial charge in [0.25, 0.3) is 0 Å². The van der Waals surface area contributed by atoms with Crippen molar-refractivity contribution in [3.8, 4) is 0 Å². The lowest BCUT2D eigenvalue weighted by atomic mass is 9.75. The lowest BCUT2D eigenvalue weighted by Crippen LogP contribution is -2.42. The van der Waals surface area contributed by atoms with Crippen molar-refractivity contribution in [3.63, 3.8) is 0 Å². The topological polar surface area (TPSA) is 12.0 Å². The maximum absolute atomic E-state index is 3.76. The van der Waals surface area contributed by atoms with Crippen molar-refractivity contribution in [1.29, 1.82) is 0 Å². The average molecular weight is 197 g/mol. The third-order valence-electron chi connectivity index (χ3n) is 3.84. The predicted molar refractivity (Wildman–Crippen MR) is 63.5 cm³/mol. The summed E-state index contributed by atoms with van der Waals surface area (Å²) in [5, 5.41) is 3.76. The van der Waals surface area contributed by atoms with E-state index in [9.17, 15) is 0 Å². The van der Waals surface area contributed by atoms with Gasteiger partial charge in [-0.2, -0.15) is 0 Å². The first-order valence-corrected chi connectivity index (χ1v) is 6.17. The Labute approximate surface area is 89.7 Å². The van der Waals surface area contributed by atoms with Gasteiger partial charge in [0.1, 0.15) is 0 Å². The molecule has 1 aliphatic carbocycles. The van der Waals surface area contributed by atoms with E-state index in [1.165, 1.54) is 25.7 Å². The Kier molecular flexibility index (Phi) is 4.00. The van der Waals surface area contributed by atoms with Crippen molar-refractivity contribution in [1.82, 2.24) is 5.32 Å². The van der Waals surface area contributed by atoms with E-state index in [1.54, 1.807) is 0 Å². The van der Waals surface area contributed by atoms with Crippen LogP contribution in [0, 0.1) is 11.3 Å². The van der Waals surface area contributed by atoms with Gasteiger partial charge in [-0.1, -0.05) is 27.7 Å². The minimum Gasteiger partial charge on any atom is -0.311 e. The van der Waals surface area contributed by atoms with E-state index in [-0.39, 0.29) is 0 Å². The molecule has 1 aliphatic rings. The van der Waals surface area contributed by atoms with E-state index in [0.717, 1.165) is 12.0 Å². The lowest BCUT2D eigenvalue weighted by molar-refractivity contribution is 0.193. The highest BCUT2D eigenvalue weighted by atomic mass is 14.9. The molecule has 0 aliphatic heterocycles. The molecule has 84 valence electrons. The van der Waals surface area contributed by atoms with Crippen LogP contribution in [0.5, 0.6) is 0 Å². The molecule has 0 radical (unpaired) electrons. The zero-order valence-electron chi connectivity index (χ0n) is 10.6. The molecular weight excluding hydrogens is 170 g/mol. The SMILES string of the molecule is CC(C)C(C)NC1CCC(C)(C)CC1. The average Bonchev–Trinajstić information content (AvgIpc) is 2.08. The molecule has 1 atom stereocenters. The molecule has 0 aromatic rings. The summed E-state index contributed by atoms with van der Waals surface area (Å²) >= 11 is 0. The Hall–Kier alpha value is -0.0400. The van der Waals surface area contributed by atoms with E-state index in [0.29, 0.717) is 11.5 Å². The van der Waals surface area contributed by atoms with Crippen LogP contribution >= 0.6 is 0 Å². The Balaban J connectivity index is 2.29. The summed E-state index contributed by atoms with van der Waals surface area (Å²) in [5.41, 5.74) is 0.596. The zero-order valence-corrected chi connectivity index (χ0v) is 10.6. The Morgan fingerprint density at radius 1 is 1.07 bits per heavy atom. The Morgan fingerprint density at radius 2 is 1.57 bits per heavy atom. The first-order chi connectivity index (χ1) is 6.41. The van der Waals surface area contributed by atoms with Gasteiger partial charge in [0.2, 0.25) is 0 Å². The molecule has 0 amide bonds. The molecule has 1 rings (SSSR count). The van der Waals surface area contributed by atoms with Gasteiger partial charge in [-0.3, -0.25) is 0 Å². The molecule has 0 aromatic heterocycles. The molecule has 0 bridgehead atoms. The van der Waals surface area contributed by atoms with Gasteiger partial charge in [-0.25, -0.2) is 0 Å². The molecule has 0 aromatic carbocycles. The molecule has 1 saturated carbocycles. The van der Waals surface area contributed by atoms with Crippen molar-refractivity contribution >= 4 is 0 Å². The van der Waals surface area contributed by atoms with Gasteiger partial charge in [0.05, 0.1) is 0 Å². The molecule has 1 unspecified atom stereocenters. The maximum Gasteiger partial charge on any atom is 0.00700 e. The molecule has 0 saturated heterocycles. The van der Waals surface area contributed by atoms with Gasteiger partial charge in [0, 0.05) is 12.1 Å². The molecule has 1 N–H and O–H groups in total. The summed E-state index contributed by atoms with van der Waals surface area (Å²) in [5.74, 6) is 0.755. The molecule has 0 heterocycles. The van der Waals surface area contributed by atoms with E-state index in [2.05, 4.69) is 39.9 Å². The predicted octanol–water partition coefficient (Wildman–Crippen LogP) is 3.59. The minimum atomic E-state index is 0.596. The number of hydrogen-bond donors (Lipinski definition) is 1. The van der Waals surface area contributed by atoms with Crippen LogP contribution in [0.1, 0.15) is 60.3 Å². The first-order valence-electron chi connectivity index (χ1n) is 6.17. The fraction of sp³-hybridized carbons (Fsp3) is 1.00. The molecule has 1 fully saturated rings. The number of nitrogens with one attached hydrogen (secondary N) is 1. The normalized spacial score (nSPS) is 25.3. The van der Waals surface area contributed by atoms with Gasteiger partial charge >= 0.3 is 0 Å². The van der Waals surface area contributed by atoms with Gasteiger partial charge < -0.3 is 5.32 Å². The van der Waals surface area contributed by atoms with E-state index in [4.69, 9.17) is 0 Å². The number of rotatable bonds is 3. The third-order valence-corrected chi connectivity index (χ3v) is 3.84. The second-order valence-corrected chi connectivity index (χ2v) is 6.14. The highest BCUT2D eigenvalue weighted by molar-refractivity contribution is 4.83. The quantitative estimate of drug-likeness (QED) is 0.729. The van der Waals surface area contributed by atoms with Crippen LogP contribution in [0.3, 0.4) is 0 Å². The van der Waals surface area contributed by atoms with Gasteiger partial charge in [-0.05, 0) is 43.9 Å². The monoisotopic (exact) mass is 197 g/mol. The molecule has 1 nitrogen and oxygen atoms in total. The summed E-state index contributed by atoms with van der Waals surface area (Å²) in [6, 6.07) is 1.45. The lowest BCUT2D eigenvalue weighted by Gasteiger charge is -2.36. The summed E-state index contributed by atoms with van der Waals surface area (Å²) in [4.78, 5) is 0. The van der Waals surface area contributed by atoms with E-state index < -0.39 is 0 Å². The fourth-order valence-corrected chi connectivity index (χ4v) is 2.13. The van der Waals surface area contributed by atoms with Crippen molar-refractivity contribution in [2.24, 2.45) is 11.3 Å². The van der Waals surface area contributed by atoms with Crippen molar-refractivity contribution in [3.05, 3.63) is 0 Å². The number of hydrogen-bond acceptors (Lipinski definition) is 1. The fourth-order valence-electron chi connectivity index (χ4n) is 2.13. The summed E-state index contributed by atoms with van der Waals surface area (Å²) in [6.45, 7) is 11.7. The highest BCUT2D eigenvalue weighted by Crippen LogP contribution is 2.35. The standard InChI is InChI=1S/C13H27N/c1-10(2)11(3)14-12-6-8-13(4,5)9-7-12/h10-12,14H,6-9H2,1-5H3. The van der Waals surface area contributed by atoms with Crippen LogP contribution in [0.2, 0.25) is 0 Å². The molecule has 14 heavy (non-hydrogen) atoms. The maximum atomic E-state index is 3.76. The van der Waals surface area contributed by atoms with Crippen LogP contribution in [-0.2, 0) is 0 Å². The van der Waals surface area contributed by atoms with Crippen LogP contribution in [0.25, 0.3) is 0 Å². The smallest absolute Gasteiger partial charge is 0.00700 e. The van der Waals surface area contributed by atoms with Gasteiger partial charge in [-0.15, -0.1) is 0 Å². The second kappa shape index (κ2) is 4.65. The van der Waals surface area contributed by atoms with Crippen LogP contribution in [-0.4, -0.2) is 12.1 Å². The highest BCUT2D eigenvalue weighted by Gasteiger charge is 2.27. The van der Waals surface area contributed by atoms with Gasteiger partial charge in [0.15, 0.2) is 0 Å². The molecule has 1 heteroatoms. The van der Waals surface area contributed by atoms with Crippen molar-refractivity contribution in [2.75, 3.05) is 0 Å². The molecule has 0 spiro atoms. The summed E-state index contributed by atoms with van der Waals surface area (Å²) in [6.07, 6.45) is 5.50. The van der Waals surface area contributed by atoms with E-state index in [1.807, 2.05) is 0 Å². The Morgan fingerprint density at radius 3 is 2.00 bits per heavy atom. The third kappa shape index (κ3) is 3.61. The van der Waals surface area contributed by atoms with E-state index >= 15 is 0 Å². The van der Waals surface area contributed by atoms with Crippen LogP contribution in [0.4, 0.5) is 0 Å². The summed E-state index contributed by atoms with van der Waals surface area (Å²) in [7, 11) is 0. The van der Waals surface area contributed by atoms with Crippen LogP contribution < -0.4 is 5.32 Å². The summed E-state index contributed by atoms with van der Waals surface area (Å²) < 4.78 is 0. The zero-order chi connectivity index (χ0) is 10.8.